The molecule has 72 heavy (non-hydrogen) atoms. The van der Waals surface area contributed by atoms with Gasteiger partial charge in [-0.05, 0) is 122 Å². The van der Waals surface area contributed by atoms with E-state index in [-0.39, 0.29) is 49.2 Å². The number of nitrogens with one attached hydrogen (secondary N) is 2. The van der Waals surface area contributed by atoms with Crippen LogP contribution >= 0.6 is 11.3 Å². The van der Waals surface area contributed by atoms with Crippen molar-refractivity contribution in [3.63, 3.8) is 0 Å². The summed E-state index contributed by atoms with van der Waals surface area (Å²) in [5, 5.41) is 26.7. The molecule has 2 saturated heterocycles. The third-order valence-electron chi connectivity index (χ3n) is 17.2. The predicted octanol–water partition coefficient (Wildman–Crippen LogP) is 6.65. The Morgan fingerprint density at radius 1 is 0.889 bits per heavy atom. The summed E-state index contributed by atoms with van der Waals surface area (Å²) in [5.41, 5.74) is 3.62. The van der Waals surface area contributed by atoms with Crippen LogP contribution in [0.5, 0.6) is 0 Å². The number of carbonyl (C=O) groups is 3. The number of aromatic nitrogens is 6. The number of rotatable bonds is 16. The zero-order valence-electron chi connectivity index (χ0n) is 40.6. The lowest BCUT2D eigenvalue weighted by molar-refractivity contribution is -0.359. The summed E-state index contributed by atoms with van der Waals surface area (Å²) in [5.74, 6) is -2.62. The van der Waals surface area contributed by atoms with Gasteiger partial charge in [0.25, 0.3) is 15.9 Å². The standard InChI is InChI=1S/C52H56N10O8S2/c1-31-21-40(57-58-44(31)56-47-55-38-7-5-6-8-41(38)71-47)43(63)39-14-13-36(42(54-39)45(64)59-72(67,68)35-11-9-34(10-12-35)61-23-33(24-61)46(65)66)37-22-53-62(32(37)2)30-50-26-48(3)25-49(4)27-51(28-50,29-52(48,49)50)70-20-17-60-15-18-69-19-16-60/h5-14,21-22,33H,15-20,23-30H2,1-4H3,(H,59,64)(H,65,66)(H,55,56,58). The van der Waals surface area contributed by atoms with Crippen molar-refractivity contribution in [2.24, 2.45) is 27.6 Å². The first-order valence-corrected chi connectivity index (χ1v) is 26.9. The molecule has 6 fully saturated rings. The van der Waals surface area contributed by atoms with E-state index in [0.717, 1.165) is 74.4 Å². The number of thiazole rings is 1. The maximum Gasteiger partial charge on any atom is 0.310 e. The molecular formula is C52H56N10O8S2. The van der Waals surface area contributed by atoms with Crippen molar-refractivity contribution in [2.45, 2.75) is 76.8 Å². The number of morpholine rings is 1. The highest BCUT2D eigenvalue weighted by Gasteiger charge is 2.92. The molecule has 374 valence electrons. The third-order valence-corrected chi connectivity index (χ3v) is 19.5. The number of nitrogens with zero attached hydrogens (tertiary/aromatic N) is 8. The molecule has 12 rings (SSSR count). The smallest absolute Gasteiger partial charge is 0.310 e. The maximum absolute atomic E-state index is 14.5. The van der Waals surface area contributed by atoms with Crippen LogP contribution in [0, 0.1) is 41.4 Å². The van der Waals surface area contributed by atoms with Crippen LogP contribution in [0.4, 0.5) is 16.6 Å². The van der Waals surface area contributed by atoms with Crippen LogP contribution in [0.3, 0.4) is 0 Å². The highest BCUT2D eigenvalue weighted by atomic mass is 32.2. The van der Waals surface area contributed by atoms with Crippen molar-refractivity contribution in [1.82, 2.24) is 39.6 Å². The quantitative estimate of drug-likeness (QED) is 0.0863. The molecule has 4 saturated carbocycles. The van der Waals surface area contributed by atoms with Gasteiger partial charge in [-0.3, -0.25) is 24.0 Å². The van der Waals surface area contributed by atoms with Crippen molar-refractivity contribution < 1.29 is 37.4 Å². The first-order chi connectivity index (χ1) is 34.4. The molecule has 2 bridgehead atoms. The molecule has 3 N–H and O–H groups in total. The number of sulfonamides is 1. The SMILES string of the molecule is Cc1cc(C(=O)c2ccc(-c3cnn(CC45CC6(OCCN7CCOCC7)CC7(C)CC(C)(C4)C75C6)c3C)c(C(=O)NS(=O)(=O)c3ccc(N4CC(C(=O)O)C4)cc3)n2)nnc1Nc1nc2ccccc2s1. The number of aliphatic carboxylic acids is 1. The lowest BCUT2D eigenvalue weighted by Gasteiger charge is -2.83. The van der Waals surface area contributed by atoms with E-state index in [0.29, 0.717) is 59.6 Å². The molecule has 5 unspecified atom stereocenters. The number of aryl methyl sites for hydroxylation is 1. The van der Waals surface area contributed by atoms with E-state index < -0.39 is 33.6 Å². The number of anilines is 3. The molecule has 4 aliphatic carbocycles. The molecule has 0 radical (unpaired) electrons. The minimum absolute atomic E-state index is 0.0228. The molecule has 18 nitrogen and oxygen atoms in total. The van der Waals surface area contributed by atoms with Gasteiger partial charge < -0.3 is 24.8 Å². The largest absolute Gasteiger partial charge is 0.481 e. The van der Waals surface area contributed by atoms with E-state index in [4.69, 9.17) is 14.6 Å². The minimum atomic E-state index is -4.47. The Bertz CT molecular complexity index is 3300. The monoisotopic (exact) mass is 1010 g/mol. The van der Waals surface area contributed by atoms with Gasteiger partial charge in [0, 0.05) is 67.2 Å². The molecule has 5 atom stereocenters. The number of para-hydroxylation sites is 1. The molecule has 6 aliphatic rings. The Labute approximate surface area is 420 Å². The summed E-state index contributed by atoms with van der Waals surface area (Å²) < 4.78 is 45.7. The van der Waals surface area contributed by atoms with Gasteiger partial charge in [-0.25, -0.2) is 23.1 Å². The first kappa shape index (κ1) is 46.9. The summed E-state index contributed by atoms with van der Waals surface area (Å²) >= 11 is 1.46. The number of hydrogen-bond donors (Lipinski definition) is 3. The van der Waals surface area contributed by atoms with Crippen molar-refractivity contribution in [2.75, 3.05) is 62.8 Å². The third kappa shape index (κ3) is 7.29. The van der Waals surface area contributed by atoms with E-state index in [1.807, 2.05) is 40.8 Å². The Balaban J connectivity index is 0.835. The number of fused-ring (bicyclic) bond motifs is 2. The van der Waals surface area contributed by atoms with Crippen LogP contribution in [-0.2, 0) is 30.8 Å². The zero-order valence-corrected chi connectivity index (χ0v) is 42.2. The molecule has 6 heterocycles. The molecule has 2 aliphatic heterocycles. The van der Waals surface area contributed by atoms with Crippen LogP contribution in [0.2, 0.25) is 0 Å². The number of carbonyl (C=O) groups excluding carboxylic acids is 2. The van der Waals surface area contributed by atoms with Crippen molar-refractivity contribution in [3.05, 3.63) is 101 Å². The lowest BCUT2D eigenvalue weighted by atomic mass is 9.21. The van der Waals surface area contributed by atoms with Gasteiger partial charge in [0.05, 0.1) is 52.6 Å². The summed E-state index contributed by atoms with van der Waals surface area (Å²) in [6, 6.07) is 18.3. The summed E-state index contributed by atoms with van der Waals surface area (Å²) in [6.07, 6.45) is 7.02. The molecule has 20 heteroatoms. The Hall–Kier alpha value is -6.19. The molecule has 2 aromatic carbocycles. The van der Waals surface area contributed by atoms with E-state index in [1.165, 1.54) is 36.0 Å². The molecule has 1 spiro atoms. The molecule has 1 amide bonds. The Kier molecular flexibility index (Phi) is 10.8. The second-order valence-corrected chi connectivity index (χ2v) is 24.4. The van der Waals surface area contributed by atoms with Crippen molar-refractivity contribution in [1.29, 1.82) is 0 Å². The van der Waals surface area contributed by atoms with E-state index in [1.54, 1.807) is 37.4 Å². The van der Waals surface area contributed by atoms with Gasteiger partial charge in [-0.2, -0.15) is 5.10 Å². The van der Waals surface area contributed by atoms with Gasteiger partial charge in [0.1, 0.15) is 17.1 Å². The molecular weight excluding hydrogens is 957 g/mol. The second kappa shape index (κ2) is 16.7. The lowest BCUT2D eigenvalue weighted by Crippen LogP contribution is -2.78. The molecule has 4 aromatic heterocycles. The van der Waals surface area contributed by atoms with E-state index in [2.05, 4.69) is 49.0 Å². The van der Waals surface area contributed by atoms with E-state index in [9.17, 15) is 27.9 Å². The Morgan fingerprint density at radius 3 is 2.39 bits per heavy atom. The zero-order chi connectivity index (χ0) is 50.0. The number of ketones is 1. The van der Waals surface area contributed by atoms with Crippen molar-refractivity contribution in [3.8, 4) is 11.1 Å². The van der Waals surface area contributed by atoms with Crippen LogP contribution in [-0.4, -0.2) is 124 Å². The van der Waals surface area contributed by atoms with Gasteiger partial charge in [-0.15, -0.1) is 10.2 Å². The average Bonchev–Trinajstić information content (AvgIpc) is 4.05. The van der Waals surface area contributed by atoms with Crippen LogP contribution < -0.4 is 14.9 Å². The highest BCUT2D eigenvalue weighted by Crippen LogP contribution is 2.97. The van der Waals surface area contributed by atoms with Gasteiger partial charge in [0.15, 0.2) is 10.9 Å². The predicted molar refractivity (Wildman–Crippen MR) is 268 cm³/mol. The second-order valence-electron chi connectivity index (χ2n) is 21.6. The number of carboxylic acid groups (broad SMARTS) is 1. The molecule has 6 aromatic rings. The fourth-order valence-corrected chi connectivity index (χ4v) is 16.5. The number of ether oxygens (including phenoxy) is 2. The Morgan fingerprint density at radius 2 is 1.65 bits per heavy atom. The summed E-state index contributed by atoms with van der Waals surface area (Å²) in [7, 11) is -4.47. The fraction of sp³-hybridized carbons (Fsp3) is 0.462. The fourth-order valence-electron chi connectivity index (χ4n) is 14.6. The number of amides is 1. The van der Waals surface area contributed by atoms with Crippen LogP contribution in [0.1, 0.15) is 83.9 Å². The van der Waals surface area contributed by atoms with Crippen molar-refractivity contribution >= 4 is 65.9 Å². The summed E-state index contributed by atoms with van der Waals surface area (Å²) in [4.78, 5) is 53.4. The summed E-state index contributed by atoms with van der Waals surface area (Å²) in [6.45, 7) is 14.9. The number of pyridine rings is 1. The number of hydrogen-bond acceptors (Lipinski definition) is 16. The average molecular weight is 1010 g/mol. The number of benzene rings is 2. The van der Waals surface area contributed by atoms with Gasteiger partial charge >= 0.3 is 5.97 Å². The number of carboxylic acids is 1. The van der Waals surface area contributed by atoms with E-state index >= 15 is 0 Å². The first-order valence-electron chi connectivity index (χ1n) is 24.6. The van der Waals surface area contributed by atoms with Gasteiger partial charge in [0.2, 0.25) is 5.78 Å². The van der Waals surface area contributed by atoms with Gasteiger partial charge in [-0.1, -0.05) is 37.3 Å². The maximum atomic E-state index is 14.5. The van der Waals surface area contributed by atoms with Crippen LogP contribution in [0.25, 0.3) is 21.3 Å². The minimum Gasteiger partial charge on any atom is -0.481 e. The normalized spacial score (nSPS) is 27.5. The van der Waals surface area contributed by atoms with Crippen LogP contribution in [0.15, 0.2) is 77.8 Å². The topological polar surface area (TPSA) is 224 Å². The highest BCUT2D eigenvalue weighted by molar-refractivity contribution is 7.90.